The summed E-state index contributed by atoms with van der Waals surface area (Å²) >= 11 is 1.39. The van der Waals surface area contributed by atoms with Gasteiger partial charge in [0.15, 0.2) is 22.9 Å². The molecule has 0 aliphatic carbocycles. The number of primary amides is 1. The summed E-state index contributed by atoms with van der Waals surface area (Å²) in [6.07, 6.45) is 1.50. The Balaban J connectivity index is 1.63. The van der Waals surface area contributed by atoms with E-state index in [1.54, 1.807) is 12.1 Å². The molecule has 8 nitrogen and oxygen atoms in total. The van der Waals surface area contributed by atoms with Crippen LogP contribution in [0.1, 0.15) is 32.6 Å². The molecule has 0 radical (unpaired) electrons. The predicted octanol–water partition coefficient (Wildman–Crippen LogP) is 3.01. The molecule has 0 saturated carbocycles. The molecule has 0 spiro atoms. The number of thiophene rings is 1. The van der Waals surface area contributed by atoms with E-state index < -0.39 is 5.91 Å². The van der Waals surface area contributed by atoms with E-state index in [4.69, 9.17) is 10.2 Å². The van der Waals surface area contributed by atoms with Gasteiger partial charge in [0.2, 0.25) is 5.89 Å². The Bertz CT molecular complexity index is 1160. The number of hydrogen-bond acceptors (Lipinski definition) is 7. The number of hydrogen-bond donors (Lipinski definition) is 1. The first-order valence-electron chi connectivity index (χ1n) is 8.36. The van der Waals surface area contributed by atoms with E-state index >= 15 is 0 Å². The molecule has 4 rings (SSSR count). The van der Waals surface area contributed by atoms with Crippen LogP contribution in [0, 0.1) is 0 Å². The van der Waals surface area contributed by atoms with Crippen molar-refractivity contribution in [3.63, 3.8) is 0 Å². The van der Waals surface area contributed by atoms with Crippen molar-refractivity contribution in [2.75, 3.05) is 0 Å². The Labute approximate surface area is 163 Å². The molecule has 0 saturated heterocycles. The lowest BCUT2D eigenvalue weighted by molar-refractivity contribution is 0.0993. The van der Waals surface area contributed by atoms with E-state index in [2.05, 4.69) is 15.2 Å². The maximum atomic E-state index is 11.8. The van der Waals surface area contributed by atoms with Gasteiger partial charge in [-0.1, -0.05) is 30.3 Å². The number of carbonyl (C=O) groups is 2. The molecule has 0 atom stereocenters. The smallest absolute Gasteiger partial charge is 0.271 e. The van der Waals surface area contributed by atoms with Gasteiger partial charge in [0, 0.05) is 5.56 Å². The van der Waals surface area contributed by atoms with Gasteiger partial charge in [-0.3, -0.25) is 9.59 Å². The summed E-state index contributed by atoms with van der Waals surface area (Å²) in [5.74, 6) is -0.205. The van der Waals surface area contributed by atoms with Gasteiger partial charge in [-0.25, -0.2) is 4.98 Å². The highest BCUT2D eigenvalue weighted by Crippen LogP contribution is 2.28. The van der Waals surface area contributed by atoms with Crippen molar-refractivity contribution < 1.29 is 14.0 Å². The molecule has 0 aliphatic rings. The quantitative estimate of drug-likeness (QED) is 0.503. The minimum absolute atomic E-state index is 0.0255. The van der Waals surface area contributed by atoms with Crippen molar-refractivity contribution in [3.05, 3.63) is 64.1 Å². The largest absolute Gasteiger partial charge is 0.434 e. The molecule has 1 amide bonds. The van der Waals surface area contributed by atoms with E-state index in [1.807, 2.05) is 29.6 Å². The number of rotatable bonds is 6. The van der Waals surface area contributed by atoms with Crippen molar-refractivity contribution in [2.24, 2.45) is 5.73 Å². The fraction of sp³-hybridized carbons (Fsp3) is 0.105. The van der Waals surface area contributed by atoms with Crippen molar-refractivity contribution in [2.45, 2.75) is 13.5 Å². The van der Waals surface area contributed by atoms with Gasteiger partial charge in [-0.2, -0.15) is 9.90 Å². The molecule has 0 unspecified atom stereocenters. The zero-order valence-electron chi connectivity index (χ0n) is 14.8. The normalized spacial score (nSPS) is 10.9. The molecule has 0 bridgehead atoms. The van der Waals surface area contributed by atoms with E-state index in [1.165, 1.54) is 29.3 Å². The molecule has 9 heteroatoms. The number of nitrogens with two attached hydrogens (primary N) is 1. The average Bonchev–Trinajstić information content (AvgIpc) is 3.42. The summed E-state index contributed by atoms with van der Waals surface area (Å²) in [6.45, 7) is 1.93. The van der Waals surface area contributed by atoms with Crippen molar-refractivity contribution >= 4 is 23.0 Å². The summed E-state index contributed by atoms with van der Waals surface area (Å²) in [5, 5.41) is 10.5. The van der Waals surface area contributed by atoms with Crippen LogP contribution in [0.2, 0.25) is 0 Å². The molecule has 140 valence electrons. The van der Waals surface area contributed by atoms with Gasteiger partial charge in [0.25, 0.3) is 5.91 Å². The van der Waals surface area contributed by atoms with E-state index in [-0.39, 0.29) is 17.4 Å². The number of amides is 1. The van der Waals surface area contributed by atoms with Crippen LogP contribution in [0.4, 0.5) is 0 Å². The average molecular weight is 393 g/mol. The topological polar surface area (TPSA) is 117 Å². The molecular formula is C19H15N5O3S. The first kappa shape index (κ1) is 17.8. The molecular weight excluding hydrogens is 378 g/mol. The molecule has 3 aromatic heterocycles. The van der Waals surface area contributed by atoms with E-state index in [9.17, 15) is 9.59 Å². The van der Waals surface area contributed by atoms with Gasteiger partial charge in [-0.05, 0) is 23.9 Å². The number of Topliss-reactive ketones (excluding diaryl/α,β-unsaturated/α-hetero) is 1. The second-order valence-corrected chi connectivity index (χ2v) is 6.97. The highest BCUT2D eigenvalue weighted by Gasteiger charge is 2.21. The molecule has 28 heavy (non-hydrogen) atoms. The van der Waals surface area contributed by atoms with Crippen LogP contribution in [0.25, 0.3) is 22.9 Å². The second kappa shape index (κ2) is 7.20. The lowest BCUT2D eigenvalue weighted by Crippen LogP contribution is -2.12. The van der Waals surface area contributed by atoms with Crippen LogP contribution >= 0.6 is 11.3 Å². The molecule has 4 aromatic rings. The lowest BCUT2D eigenvalue weighted by Gasteiger charge is -1.97. The van der Waals surface area contributed by atoms with Gasteiger partial charge >= 0.3 is 0 Å². The van der Waals surface area contributed by atoms with Crippen LogP contribution in [-0.2, 0) is 6.54 Å². The Kier molecular flexibility index (Phi) is 4.58. The summed E-state index contributed by atoms with van der Waals surface area (Å²) in [5.41, 5.74) is 7.49. The fourth-order valence-electron chi connectivity index (χ4n) is 2.66. The molecule has 3 heterocycles. The van der Waals surface area contributed by atoms with Crippen LogP contribution < -0.4 is 5.73 Å². The van der Waals surface area contributed by atoms with Crippen molar-refractivity contribution in [1.29, 1.82) is 0 Å². The first-order chi connectivity index (χ1) is 13.5. The van der Waals surface area contributed by atoms with Crippen LogP contribution in [0.5, 0.6) is 0 Å². The Morgan fingerprint density at radius 2 is 2.04 bits per heavy atom. The first-order valence-corrected chi connectivity index (χ1v) is 9.24. The van der Waals surface area contributed by atoms with Crippen LogP contribution in [0.15, 0.2) is 52.4 Å². The predicted molar refractivity (Wildman–Crippen MR) is 103 cm³/mol. The highest BCUT2D eigenvalue weighted by atomic mass is 32.1. The zero-order valence-corrected chi connectivity index (χ0v) is 15.6. The third-order valence-corrected chi connectivity index (χ3v) is 5.06. The second-order valence-electron chi connectivity index (χ2n) is 6.06. The summed E-state index contributed by atoms with van der Waals surface area (Å²) in [6, 6.07) is 10.9. The van der Waals surface area contributed by atoms with E-state index in [0.717, 1.165) is 5.56 Å². The van der Waals surface area contributed by atoms with Crippen LogP contribution in [0.3, 0.4) is 0 Å². The Morgan fingerprint density at radius 1 is 1.25 bits per heavy atom. The monoisotopic (exact) mass is 393 g/mol. The maximum absolute atomic E-state index is 11.8. The minimum atomic E-state index is -0.684. The number of carbonyl (C=O) groups excluding carboxylic acids is 2. The molecule has 2 N–H and O–H groups in total. The third kappa shape index (κ3) is 3.47. The van der Waals surface area contributed by atoms with E-state index in [0.29, 0.717) is 28.4 Å². The van der Waals surface area contributed by atoms with Gasteiger partial charge < -0.3 is 10.2 Å². The number of nitrogens with zero attached hydrogens (tertiary/aromatic N) is 4. The lowest BCUT2D eigenvalue weighted by atomic mass is 10.1. The van der Waals surface area contributed by atoms with Crippen molar-refractivity contribution in [1.82, 2.24) is 20.0 Å². The third-order valence-electron chi connectivity index (χ3n) is 3.98. The summed E-state index contributed by atoms with van der Waals surface area (Å²) < 4.78 is 5.78. The number of aromatic nitrogens is 4. The van der Waals surface area contributed by atoms with Gasteiger partial charge in [0.1, 0.15) is 0 Å². The van der Waals surface area contributed by atoms with Crippen LogP contribution in [-0.4, -0.2) is 31.7 Å². The number of ketones is 1. The van der Waals surface area contributed by atoms with Gasteiger partial charge in [0.05, 0.1) is 17.6 Å². The number of benzene rings is 1. The maximum Gasteiger partial charge on any atom is 0.271 e. The zero-order chi connectivity index (χ0) is 19.7. The van der Waals surface area contributed by atoms with Crippen molar-refractivity contribution in [3.8, 4) is 22.9 Å². The summed E-state index contributed by atoms with van der Waals surface area (Å²) in [4.78, 5) is 29.6. The molecule has 1 aromatic carbocycles. The molecule has 0 aliphatic heterocycles. The standard InChI is InChI=1S/C19H15N5O3S/c1-11(25)15-7-12(10-28-15)9-24-21-8-14(23-24)19-22-16(18(20)26)17(27-19)13-5-3-2-4-6-13/h2-8,10H,9H2,1H3,(H2,20,26). The minimum Gasteiger partial charge on any atom is -0.434 e. The Morgan fingerprint density at radius 3 is 2.71 bits per heavy atom. The van der Waals surface area contributed by atoms with Gasteiger partial charge in [-0.15, -0.1) is 16.4 Å². The SMILES string of the molecule is CC(=O)c1cc(Cn2ncc(-c3nc(C(N)=O)c(-c4ccccc4)o3)n2)cs1. The summed E-state index contributed by atoms with van der Waals surface area (Å²) in [7, 11) is 0. The highest BCUT2D eigenvalue weighted by molar-refractivity contribution is 7.12. The Hall–Kier alpha value is -3.59. The molecule has 0 fully saturated rings. The fourth-order valence-corrected chi connectivity index (χ4v) is 3.47. The number of oxazole rings is 1.